The number of aryl methyl sites for hydroxylation is 1. The van der Waals surface area contributed by atoms with Crippen LogP contribution in [0.15, 0.2) is 54.7 Å². The fraction of sp³-hybridized carbons (Fsp3) is 0.0714. The molecule has 0 fully saturated rings. The summed E-state index contributed by atoms with van der Waals surface area (Å²) in [6.07, 6.45) is 2.08. The zero-order valence-electron chi connectivity index (χ0n) is 9.50. The molecule has 3 rings (SSSR count). The van der Waals surface area contributed by atoms with Gasteiger partial charge in [-0.2, -0.15) is 0 Å². The minimum Gasteiger partial charge on any atom is -0.304 e. The first kappa shape index (κ1) is 11.9. The van der Waals surface area contributed by atoms with Gasteiger partial charge in [-0.05, 0) is 19.1 Å². The molecule has 0 aliphatic rings. The van der Waals surface area contributed by atoms with E-state index in [1.54, 1.807) is 0 Å². The first-order chi connectivity index (χ1) is 7.84. The van der Waals surface area contributed by atoms with Crippen LogP contribution in [0.25, 0.3) is 16.9 Å². The average molecular weight is 289 g/mol. The van der Waals surface area contributed by atoms with Crippen LogP contribution in [0.1, 0.15) is 5.69 Å². The summed E-state index contributed by atoms with van der Waals surface area (Å²) in [5.74, 6) is 0. The molecule has 2 nitrogen and oxygen atoms in total. The highest BCUT2D eigenvalue weighted by Crippen LogP contribution is 2.19. The number of halogens is 1. The number of benzene rings is 1. The average Bonchev–Trinajstić information content (AvgIpc) is 2.76. The van der Waals surface area contributed by atoms with Gasteiger partial charge in [0, 0.05) is 17.5 Å². The third-order valence-electron chi connectivity index (χ3n) is 2.77. The van der Waals surface area contributed by atoms with Crippen molar-refractivity contribution in [3.63, 3.8) is 0 Å². The lowest BCUT2D eigenvalue weighted by molar-refractivity contribution is 1.09. The maximum absolute atomic E-state index is 4.61. The molecule has 0 aliphatic carbocycles. The summed E-state index contributed by atoms with van der Waals surface area (Å²) in [4.78, 5) is 4.61. The first-order valence-electron chi connectivity index (χ1n) is 5.35. The maximum Gasteiger partial charge on any atom is 0.137 e. The minimum absolute atomic E-state index is 0. The van der Waals surface area contributed by atoms with Gasteiger partial charge in [-0.1, -0.05) is 36.4 Å². The Labute approximate surface area is 111 Å². The Morgan fingerprint density at radius 3 is 2.41 bits per heavy atom. The number of aromatic nitrogens is 2. The van der Waals surface area contributed by atoms with Crippen molar-refractivity contribution in [3.05, 3.63) is 60.4 Å². The van der Waals surface area contributed by atoms with E-state index in [0.29, 0.717) is 0 Å². The Kier molecular flexibility index (Phi) is 3.29. The molecule has 2 aromatic heterocycles. The number of imidazole rings is 1. The monoisotopic (exact) mass is 288 g/mol. The van der Waals surface area contributed by atoms with Crippen LogP contribution in [0.5, 0.6) is 0 Å². The standard InChI is InChI=1S/C14H12N2.BrH/c1-11-6-5-9-14-15-13(10-16(11)14)12-7-3-2-4-8-12;/h2-10H,1H3;1H. The minimum atomic E-state index is 0. The molecule has 0 N–H and O–H groups in total. The Hall–Kier alpha value is -1.61. The molecule has 0 spiro atoms. The molecule has 0 bridgehead atoms. The topological polar surface area (TPSA) is 17.3 Å². The summed E-state index contributed by atoms with van der Waals surface area (Å²) in [5.41, 5.74) is 4.38. The Balaban J connectivity index is 0.00000108. The van der Waals surface area contributed by atoms with E-state index in [0.717, 1.165) is 16.9 Å². The molecule has 0 atom stereocenters. The van der Waals surface area contributed by atoms with E-state index < -0.39 is 0 Å². The quantitative estimate of drug-likeness (QED) is 0.664. The third-order valence-corrected chi connectivity index (χ3v) is 2.77. The van der Waals surface area contributed by atoms with Crippen LogP contribution >= 0.6 is 17.0 Å². The van der Waals surface area contributed by atoms with Crippen molar-refractivity contribution in [1.29, 1.82) is 0 Å². The molecule has 17 heavy (non-hydrogen) atoms. The number of hydrogen-bond donors (Lipinski definition) is 0. The van der Waals surface area contributed by atoms with E-state index in [-0.39, 0.29) is 17.0 Å². The second-order valence-corrected chi connectivity index (χ2v) is 3.89. The van der Waals surface area contributed by atoms with Gasteiger partial charge in [-0.25, -0.2) is 4.98 Å². The van der Waals surface area contributed by atoms with Gasteiger partial charge in [0.15, 0.2) is 0 Å². The molecule has 1 aromatic carbocycles. The van der Waals surface area contributed by atoms with Crippen LogP contribution in [0.2, 0.25) is 0 Å². The van der Waals surface area contributed by atoms with E-state index in [2.05, 4.69) is 40.7 Å². The van der Waals surface area contributed by atoms with Crippen LogP contribution in [-0.4, -0.2) is 9.38 Å². The highest BCUT2D eigenvalue weighted by Gasteiger charge is 2.04. The van der Waals surface area contributed by atoms with Crippen LogP contribution in [-0.2, 0) is 0 Å². The highest BCUT2D eigenvalue weighted by molar-refractivity contribution is 8.93. The molecule has 0 amide bonds. The van der Waals surface area contributed by atoms with Crippen molar-refractivity contribution in [3.8, 4) is 11.3 Å². The Morgan fingerprint density at radius 2 is 1.71 bits per heavy atom. The molecule has 0 unspecified atom stereocenters. The number of rotatable bonds is 1. The molecule has 3 heteroatoms. The SMILES string of the molecule is Br.Cc1cccc2nc(-c3ccccc3)cn12. The third kappa shape index (κ3) is 2.11. The van der Waals surface area contributed by atoms with E-state index >= 15 is 0 Å². The summed E-state index contributed by atoms with van der Waals surface area (Å²) < 4.78 is 2.11. The molecule has 86 valence electrons. The fourth-order valence-corrected chi connectivity index (χ4v) is 1.90. The van der Waals surface area contributed by atoms with Crippen molar-refractivity contribution in [1.82, 2.24) is 9.38 Å². The van der Waals surface area contributed by atoms with Crippen LogP contribution < -0.4 is 0 Å². The summed E-state index contributed by atoms with van der Waals surface area (Å²) in [6, 6.07) is 16.4. The smallest absolute Gasteiger partial charge is 0.137 e. The maximum atomic E-state index is 4.61. The highest BCUT2D eigenvalue weighted by atomic mass is 79.9. The normalized spacial score (nSPS) is 10.2. The molecule has 0 aliphatic heterocycles. The lowest BCUT2D eigenvalue weighted by atomic mass is 10.2. The van der Waals surface area contributed by atoms with Crippen molar-refractivity contribution in [2.75, 3.05) is 0 Å². The van der Waals surface area contributed by atoms with Gasteiger partial charge < -0.3 is 4.40 Å². The second-order valence-electron chi connectivity index (χ2n) is 3.89. The van der Waals surface area contributed by atoms with Crippen LogP contribution in [0, 0.1) is 6.92 Å². The first-order valence-corrected chi connectivity index (χ1v) is 5.35. The second kappa shape index (κ2) is 4.72. The van der Waals surface area contributed by atoms with Gasteiger partial charge in [0.2, 0.25) is 0 Å². The molecule has 0 radical (unpaired) electrons. The van der Waals surface area contributed by atoms with Gasteiger partial charge in [0.25, 0.3) is 0 Å². The summed E-state index contributed by atoms with van der Waals surface area (Å²) in [5, 5.41) is 0. The van der Waals surface area contributed by atoms with Crippen LogP contribution in [0.3, 0.4) is 0 Å². The zero-order valence-corrected chi connectivity index (χ0v) is 11.2. The Bertz CT molecular complexity index is 629. The molecule has 3 aromatic rings. The number of hydrogen-bond acceptors (Lipinski definition) is 1. The fourth-order valence-electron chi connectivity index (χ4n) is 1.90. The van der Waals surface area contributed by atoms with Crippen molar-refractivity contribution >= 4 is 22.6 Å². The molecular weight excluding hydrogens is 276 g/mol. The predicted octanol–water partition coefficient (Wildman–Crippen LogP) is 3.89. The number of fused-ring (bicyclic) bond motifs is 1. The molecule has 0 saturated carbocycles. The van der Waals surface area contributed by atoms with Crippen LogP contribution in [0.4, 0.5) is 0 Å². The van der Waals surface area contributed by atoms with E-state index in [4.69, 9.17) is 0 Å². The van der Waals surface area contributed by atoms with E-state index in [1.807, 2.05) is 30.3 Å². The molecule has 0 saturated heterocycles. The van der Waals surface area contributed by atoms with Gasteiger partial charge in [-0.15, -0.1) is 17.0 Å². The molecule has 2 heterocycles. The van der Waals surface area contributed by atoms with Crippen molar-refractivity contribution in [2.45, 2.75) is 6.92 Å². The predicted molar refractivity (Wildman–Crippen MR) is 75.7 cm³/mol. The van der Waals surface area contributed by atoms with Crippen molar-refractivity contribution in [2.24, 2.45) is 0 Å². The van der Waals surface area contributed by atoms with Gasteiger partial charge in [0.1, 0.15) is 5.65 Å². The summed E-state index contributed by atoms with van der Waals surface area (Å²) >= 11 is 0. The zero-order chi connectivity index (χ0) is 11.0. The number of nitrogens with zero attached hydrogens (tertiary/aromatic N) is 2. The largest absolute Gasteiger partial charge is 0.304 e. The summed E-state index contributed by atoms with van der Waals surface area (Å²) in [6.45, 7) is 2.09. The van der Waals surface area contributed by atoms with Gasteiger partial charge in [-0.3, -0.25) is 0 Å². The lowest BCUT2D eigenvalue weighted by Crippen LogP contribution is -1.86. The number of pyridine rings is 1. The van der Waals surface area contributed by atoms with Crippen molar-refractivity contribution < 1.29 is 0 Å². The van der Waals surface area contributed by atoms with E-state index in [9.17, 15) is 0 Å². The Morgan fingerprint density at radius 1 is 0.941 bits per heavy atom. The molecular formula is C14H13BrN2. The lowest BCUT2D eigenvalue weighted by Gasteiger charge is -1.96. The van der Waals surface area contributed by atoms with Gasteiger partial charge in [0.05, 0.1) is 5.69 Å². The van der Waals surface area contributed by atoms with Gasteiger partial charge >= 0.3 is 0 Å². The summed E-state index contributed by atoms with van der Waals surface area (Å²) in [7, 11) is 0. The van der Waals surface area contributed by atoms with E-state index in [1.165, 1.54) is 5.69 Å².